The Bertz CT molecular complexity index is 317. The second kappa shape index (κ2) is 5.56. The standard InChI is InChI=1S/C11H17FN2O/c1-3-15-7-6-14(2)11-8-9(12)4-5-10(11)13/h4-5,8H,3,6-7,13H2,1-2H3. The van der Waals surface area contributed by atoms with Crippen molar-refractivity contribution in [1.82, 2.24) is 0 Å². The molecule has 0 saturated heterocycles. The van der Waals surface area contributed by atoms with Crippen molar-refractivity contribution in [2.45, 2.75) is 6.92 Å². The van der Waals surface area contributed by atoms with Crippen LogP contribution in [-0.2, 0) is 4.74 Å². The maximum atomic E-state index is 13.0. The van der Waals surface area contributed by atoms with E-state index in [0.29, 0.717) is 31.1 Å². The summed E-state index contributed by atoms with van der Waals surface area (Å²) < 4.78 is 18.2. The zero-order valence-corrected chi connectivity index (χ0v) is 9.16. The Kier molecular flexibility index (Phi) is 4.37. The second-order valence-corrected chi connectivity index (χ2v) is 3.32. The number of likely N-dealkylation sites (N-methyl/N-ethyl adjacent to an activating group) is 1. The monoisotopic (exact) mass is 212 g/mol. The van der Waals surface area contributed by atoms with E-state index in [0.717, 1.165) is 0 Å². The minimum Gasteiger partial charge on any atom is -0.397 e. The number of hydrogen-bond acceptors (Lipinski definition) is 3. The smallest absolute Gasteiger partial charge is 0.125 e. The summed E-state index contributed by atoms with van der Waals surface area (Å²) in [4.78, 5) is 1.88. The van der Waals surface area contributed by atoms with Gasteiger partial charge in [-0.25, -0.2) is 4.39 Å². The fraction of sp³-hybridized carbons (Fsp3) is 0.455. The molecule has 0 fully saturated rings. The predicted octanol–water partition coefficient (Wildman–Crippen LogP) is 1.88. The normalized spacial score (nSPS) is 10.3. The van der Waals surface area contributed by atoms with Crippen molar-refractivity contribution in [2.24, 2.45) is 0 Å². The SMILES string of the molecule is CCOCCN(C)c1cc(F)ccc1N. The molecule has 0 bridgehead atoms. The lowest BCUT2D eigenvalue weighted by Crippen LogP contribution is -2.23. The summed E-state index contributed by atoms with van der Waals surface area (Å²) in [6.07, 6.45) is 0. The molecule has 2 N–H and O–H groups in total. The van der Waals surface area contributed by atoms with Crippen LogP contribution in [0.2, 0.25) is 0 Å². The van der Waals surface area contributed by atoms with Crippen LogP contribution in [0.15, 0.2) is 18.2 Å². The van der Waals surface area contributed by atoms with Gasteiger partial charge in [-0.2, -0.15) is 0 Å². The Balaban J connectivity index is 2.64. The minimum absolute atomic E-state index is 0.276. The molecule has 0 saturated carbocycles. The van der Waals surface area contributed by atoms with Gasteiger partial charge < -0.3 is 15.4 Å². The molecule has 0 atom stereocenters. The van der Waals surface area contributed by atoms with Crippen LogP contribution in [0.3, 0.4) is 0 Å². The number of rotatable bonds is 5. The molecule has 0 aliphatic heterocycles. The van der Waals surface area contributed by atoms with E-state index >= 15 is 0 Å². The number of nitrogens with zero attached hydrogens (tertiary/aromatic N) is 1. The summed E-state index contributed by atoms with van der Waals surface area (Å²) in [6.45, 7) is 3.94. The first-order chi connectivity index (χ1) is 7.15. The van der Waals surface area contributed by atoms with E-state index in [1.54, 1.807) is 6.07 Å². The first kappa shape index (κ1) is 11.8. The lowest BCUT2D eigenvalue weighted by Gasteiger charge is -2.20. The van der Waals surface area contributed by atoms with Crippen LogP contribution < -0.4 is 10.6 Å². The molecule has 84 valence electrons. The fourth-order valence-electron chi connectivity index (χ4n) is 1.31. The summed E-state index contributed by atoms with van der Waals surface area (Å²) in [5, 5.41) is 0. The summed E-state index contributed by atoms with van der Waals surface area (Å²) in [6, 6.07) is 4.36. The average molecular weight is 212 g/mol. The average Bonchev–Trinajstić information content (AvgIpc) is 2.22. The van der Waals surface area contributed by atoms with Crippen LogP contribution in [0, 0.1) is 5.82 Å². The fourth-order valence-corrected chi connectivity index (χ4v) is 1.31. The number of benzene rings is 1. The molecule has 0 heterocycles. The van der Waals surface area contributed by atoms with Crippen molar-refractivity contribution in [2.75, 3.05) is 37.4 Å². The largest absolute Gasteiger partial charge is 0.397 e. The molecular weight excluding hydrogens is 195 g/mol. The number of nitrogen functional groups attached to an aromatic ring is 1. The van der Waals surface area contributed by atoms with Gasteiger partial charge in [0, 0.05) is 20.2 Å². The van der Waals surface area contributed by atoms with Gasteiger partial charge in [-0.05, 0) is 25.1 Å². The molecule has 0 radical (unpaired) electrons. The van der Waals surface area contributed by atoms with Gasteiger partial charge in [-0.3, -0.25) is 0 Å². The molecule has 15 heavy (non-hydrogen) atoms. The highest BCUT2D eigenvalue weighted by Gasteiger charge is 2.06. The third kappa shape index (κ3) is 3.40. The molecule has 0 spiro atoms. The molecule has 1 aromatic rings. The molecule has 0 aromatic heterocycles. The van der Waals surface area contributed by atoms with Gasteiger partial charge in [0.05, 0.1) is 18.0 Å². The maximum Gasteiger partial charge on any atom is 0.125 e. The van der Waals surface area contributed by atoms with Crippen LogP contribution in [-0.4, -0.2) is 26.8 Å². The Hall–Kier alpha value is -1.29. The third-order valence-electron chi connectivity index (χ3n) is 2.18. The molecule has 0 aliphatic carbocycles. The molecule has 4 heteroatoms. The maximum absolute atomic E-state index is 13.0. The Morgan fingerprint density at radius 3 is 2.87 bits per heavy atom. The van der Waals surface area contributed by atoms with E-state index in [9.17, 15) is 4.39 Å². The van der Waals surface area contributed by atoms with Gasteiger partial charge in [0.1, 0.15) is 5.82 Å². The second-order valence-electron chi connectivity index (χ2n) is 3.32. The van der Waals surface area contributed by atoms with Gasteiger partial charge in [0.2, 0.25) is 0 Å². The molecule has 0 aliphatic rings. The first-order valence-electron chi connectivity index (χ1n) is 4.99. The van der Waals surface area contributed by atoms with Crippen molar-refractivity contribution >= 4 is 11.4 Å². The Morgan fingerprint density at radius 1 is 1.47 bits per heavy atom. The van der Waals surface area contributed by atoms with E-state index in [2.05, 4.69) is 0 Å². The summed E-state index contributed by atoms with van der Waals surface area (Å²) in [5.41, 5.74) is 7.03. The lowest BCUT2D eigenvalue weighted by atomic mass is 10.2. The quantitative estimate of drug-likeness (QED) is 0.598. The van der Waals surface area contributed by atoms with Crippen molar-refractivity contribution in [3.8, 4) is 0 Å². The van der Waals surface area contributed by atoms with Gasteiger partial charge in [0.25, 0.3) is 0 Å². The molecule has 0 unspecified atom stereocenters. The van der Waals surface area contributed by atoms with Crippen molar-refractivity contribution in [3.05, 3.63) is 24.0 Å². The lowest BCUT2D eigenvalue weighted by molar-refractivity contribution is 0.154. The molecule has 1 aromatic carbocycles. The highest BCUT2D eigenvalue weighted by molar-refractivity contribution is 5.67. The molecule has 0 amide bonds. The van der Waals surface area contributed by atoms with E-state index in [-0.39, 0.29) is 5.82 Å². The van der Waals surface area contributed by atoms with Crippen LogP contribution in [0.4, 0.5) is 15.8 Å². The predicted molar refractivity (Wildman–Crippen MR) is 60.6 cm³/mol. The van der Waals surface area contributed by atoms with Crippen molar-refractivity contribution in [3.63, 3.8) is 0 Å². The highest BCUT2D eigenvalue weighted by atomic mass is 19.1. The van der Waals surface area contributed by atoms with Crippen LogP contribution in [0.25, 0.3) is 0 Å². The summed E-state index contributed by atoms with van der Waals surface area (Å²) in [7, 11) is 1.87. The van der Waals surface area contributed by atoms with E-state index in [1.807, 2.05) is 18.9 Å². The number of anilines is 2. The minimum atomic E-state index is -0.276. The van der Waals surface area contributed by atoms with E-state index in [4.69, 9.17) is 10.5 Å². The zero-order chi connectivity index (χ0) is 11.3. The number of halogens is 1. The van der Waals surface area contributed by atoms with Gasteiger partial charge >= 0.3 is 0 Å². The topological polar surface area (TPSA) is 38.5 Å². The molecular formula is C11H17FN2O. The Morgan fingerprint density at radius 2 is 2.20 bits per heavy atom. The van der Waals surface area contributed by atoms with E-state index in [1.165, 1.54) is 12.1 Å². The van der Waals surface area contributed by atoms with Crippen LogP contribution >= 0.6 is 0 Å². The van der Waals surface area contributed by atoms with Crippen molar-refractivity contribution < 1.29 is 9.13 Å². The van der Waals surface area contributed by atoms with Crippen molar-refractivity contribution in [1.29, 1.82) is 0 Å². The number of ether oxygens (including phenoxy) is 1. The summed E-state index contributed by atoms with van der Waals surface area (Å²) >= 11 is 0. The molecule has 1 rings (SSSR count). The van der Waals surface area contributed by atoms with Gasteiger partial charge in [-0.15, -0.1) is 0 Å². The third-order valence-corrected chi connectivity index (χ3v) is 2.18. The zero-order valence-electron chi connectivity index (χ0n) is 9.16. The van der Waals surface area contributed by atoms with Gasteiger partial charge in [0.15, 0.2) is 0 Å². The Labute approximate surface area is 89.6 Å². The van der Waals surface area contributed by atoms with Gasteiger partial charge in [-0.1, -0.05) is 0 Å². The highest BCUT2D eigenvalue weighted by Crippen LogP contribution is 2.22. The van der Waals surface area contributed by atoms with Crippen LogP contribution in [0.5, 0.6) is 0 Å². The molecule has 3 nitrogen and oxygen atoms in total. The summed E-state index contributed by atoms with van der Waals surface area (Å²) in [5.74, 6) is -0.276. The van der Waals surface area contributed by atoms with Crippen LogP contribution in [0.1, 0.15) is 6.92 Å². The number of nitrogens with two attached hydrogens (primary N) is 1. The number of hydrogen-bond donors (Lipinski definition) is 1. The first-order valence-corrected chi connectivity index (χ1v) is 4.99. The van der Waals surface area contributed by atoms with E-state index < -0.39 is 0 Å².